The van der Waals surface area contributed by atoms with Crippen LogP contribution >= 0.6 is 0 Å². The molecule has 3 aromatic rings. The zero-order chi connectivity index (χ0) is 22.6. The van der Waals surface area contributed by atoms with Crippen molar-refractivity contribution in [2.75, 3.05) is 26.0 Å². The largest absolute Gasteiger partial charge is 0.496 e. The van der Waals surface area contributed by atoms with E-state index in [4.69, 9.17) is 10.00 Å². The van der Waals surface area contributed by atoms with Crippen LogP contribution in [0.1, 0.15) is 17.5 Å². The predicted molar refractivity (Wildman–Crippen MR) is 125 cm³/mol. The van der Waals surface area contributed by atoms with Gasteiger partial charge in [-0.15, -0.1) is 0 Å². The van der Waals surface area contributed by atoms with Crippen molar-refractivity contribution in [2.45, 2.75) is 17.9 Å². The molecule has 0 amide bonds. The van der Waals surface area contributed by atoms with E-state index in [9.17, 15) is 8.42 Å². The van der Waals surface area contributed by atoms with E-state index >= 15 is 0 Å². The lowest BCUT2D eigenvalue weighted by atomic mass is 10.0. The Kier molecular flexibility index (Phi) is 6.59. The van der Waals surface area contributed by atoms with E-state index < -0.39 is 9.84 Å². The number of methoxy groups -OCH3 is 1. The van der Waals surface area contributed by atoms with Crippen molar-refractivity contribution < 1.29 is 13.2 Å². The highest BCUT2D eigenvalue weighted by atomic mass is 32.2. The predicted octanol–water partition coefficient (Wildman–Crippen LogP) is 4.53. The molecule has 0 unspecified atom stereocenters. The summed E-state index contributed by atoms with van der Waals surface area (Å²) < 4.78 is 31.1. The molecular weight excluding hydrogens is 420 g/mol. The summed E-state index contributed by atoms with van der Waals surface area (Å²) in [6, 6.07) is 24.7. The Bertz CT molecular complexity index is 1230. The number of hydrogen-bond acceptors (Lipinski definition) is 5. The van der Waals surface area contributed by atoms with Crippen molar-refractivity contribution in [3.8, 4) is 22.9 Å². The molecule has 0 saturated carbocycles. The van der Waals surface area contributed by atoms with E-state index in [1.807, 2.05) is 30.3 Å². The Hall–Kier alpha value is -3.14. The lowest BCUT2D eigenvalue weighted by Gasteiger charge is -2.17. The van der Waals surface area contributed by atoms with E-state index in [1.165, 1.54) is 11.6 Å². The van der Waals surface area contributed by atoms with Crippen molar-refractivity contribution in [1.29, 1.82) is 5.26 Å². The number of para-hydroxylation sites is 1. The van der Waals surface area contributed by atoms with E-state index in [2.05, 4.69) is 29.2 Å². The minimum Gasteiger partial charge on any atom is -0.496 e. The van der Waals surface area contributed by atoms with Gasteiger partial charge >= 0.3 is 0 Å². The van der Waals surface area contributed by atoms with Gasteiger partial charge in [0.15, 0.2) is 9.84 Å². The first-order valence-electron chi connectivity index (χ1n) is 10.7. The second kappa shape index (κ2) is 9.56. The van der Waals surface area contributed by atoms with Crippen molar-refractivity contribution >= 4 is 9.84 Å². The molecule has 1 heterocycles. The minimum absolute atomic E-state index is 0.0959. The van der Waals surface area contributed by atoms with Gasteiger partial charge in [-0.2, -0.15) is 5.26 Å². The van der Waals surface area contributed by atoms with Crippen LogP contribution in [-0.4, -0.2) is 39.3 Å². The summed E-state index contributed by atoms with van der Waals surface area (Å²) in [5.41, 5.74) is 3.74. The molecule has 164 valence electrons. The summed E-state index contributed by atoms with van der Waals surface area (Å²) in [5, 5.41) is 9.04. The normalized spacial score (nSPS) is 16.6. The first-order valence-corrected chi connectivity index (χ1v) is 12.3. The van der Waals surface area contributed by atoms with Crippen LogP contribution in [0.3, 0.4) is 0 Å². The topological polar surface area (TPSA) is 70.4 Å². The maximum atomic E-state index is 12.8. The Morgan fingerprint density at radius 2 is 1.84 bits per heavy atom. The fourth-order valence-corrected chi connectivity index (χ4v) is 5.97. The number of nitrogens with zero attached hydrogens (tertiary/aromatic N) is 2. The summed E-state index contributed by atoms with van der Waals surface area (Å²) in [4.78, 5) is 2.55. The second-order valence-electron chi connectivity index (χ2n) is 8.21. The smallest absolute Gasteiger partial charge is 0.178 e. The van der Waals surface area contributed by atoms with Crippen LogP contribution in [0.2, 0.25) is 0 Å². The number of benzene rings is 3. The van der Waals surface area contributed by atoms with E-state index in [1.54, 1.807) is 25.3 Å². The molecule has 1 saturated heterocycles. The van der Waals surface area contributed by atoms with Crippen LogP contribution in [0.4, 0.5) is 0 Å². The van der Waals surface area contributed by atoms with Gasteiger partial charge < -0.3 is 4.74 Å². The molecule has 0 N–H and O–H groups in total. The van der Waals surface area contributed by atoms with Crippen molar-refractivity contribution in [2.24, 2.45) is 5.92 Å². The quantitative estimate of drug-likeness (QED) is 0.533. The van der Waals surface area contributed by atoms with E-state index in [0.717, 1.165) is 42.9 Å². The van der Waals surface area contributed by atoms with Gasteiger partial charge in [-0.3, -0.25) is 4.90 Å². The molecule has 0 bridgehead atoms. The molecule has 0 aliphatic carbocycles. The zero-order valence-corrected chi connectivity index (χ0v) is 18.9. The van der Waals surface area contributed by atoms with Gasteiger partial charge in [-0.1, -0.05) is 48.5 Å². The summed E-state index contributed by atoms with van der Waals surface area (Å²) in [7, 11) is -1.73. The molecule has 1 aliphatic rings. The summed E-state index contributed by atoms with van der Waals surface area (Å²) in [6.07, 6.45) is 0.858. The average molecular weight is 447 g/mol. The third kappa shape index (κ3) is 5.01. The Balaban J connectivity index is 1.37. The molecule has 6 heteroatoms. The monoisotopic (exact) mass is 446 g/mol. The molecule has 5 nitrogen and oxygen atoms in total. The molecular formula is C26H26N2O3S. The third-order valence-corrected chi connectivity index (χ3v) is 7.81. The fourth-order valence-electron chi connectivity index (χ4n) is 4.29. The van der Waals surface area contributed by atoms with Gasteiger partial charge in [0.05, 0.1) is 29.4 Å². The Morgan fingerprint density at radius 3 is 2.59 bits per heavy atom. The molecule has 1 aliphatic heterocycles. The van der Waals surface area contributed by atoms with Gasteiger partial charge in [0, 0.05) is 18.7 Å². The zero-order valence-electron chi connectivity index (χ0n) is 18.1. The number of nitriles is 1. The summed E-state index contributed by atoms with van der Waals surface area (Å²) in [5.74, 6) is 1.06. The number of likely N-dealkylation sites (tertiary alicyclic amines) is 1. The highest BCUT2D eigenvalue weighted by molar-refractivity contribution is 7.91. The van der Waals surface area contributed by atoms with Gasteiger partial charge in [-0.25, -0.2) is 8.42 Å². The maximum Gasteiger partial charge on any atom is 0.178 e. The van der Waals surface area contributed by atoms with Gasteiger partial charge in [0.25, 0.3) is 0 Å². The van der Waals surface area contributed by atoms with Crippen LogP contribution in [0.25, 0.3) is 11.1 Å². The second-order valence-corrected chi connectivity index (χ2v) is 10.2. The Morgan fingerprint density at radius 1 is 1.06 bits per heavy atom. The molecule has 0 spiro atoms. The van der Waals surface area contributed by atoms with Gasteiger partial charge in [0.1, 0.15) is 5.75 Å². The molecule has 4 rings (SSSR count). The maximum absolute atomic E-state index is 12.8. The highest BCUT2D eigenvalue weighted by Crippen LogP contribution is 2.30. The summed E-state index contributed by atoms with van der Waals surface area (Å²) in [6.45, 7) is 2.44. The average Bonchev–Trinajstić information content (AvgIpc) is 3.25. The Labute approximate surface area is 189 Å². The van der Waals surface area contributed by atoms with Gasteiger partial charge in [-0.05, 0) is 54.3 Å². The van der Waals surface area contributed by atoms with Crippen LogP contribution in [-0.2, 0) is 16.4 Å². The standard InChI is InChI=1S/C26H26N2O3S/c1-31-26-8-3-2-7-25(26)23-11-9-20(10-12-23)17-28-14-13-22(18-28)19-32(29,30)24-6-4-5-21(15-24)16-27/h2-12,15,22H,13-14,17-19H2,1H3/t22-/m1/s1. The molecule has 32 heavy (non-hydrogen) atoms. The molecule has 1 fully saturated rings. The lowest BCUT2D eigenvalue weighted by molar-refractivity contribution is 0.320. The molecule has 0 aromatic heterocycles. The third-order valence-electron chi connectivity index (χ3n) is 5.93. The van der Waals surface area contributed by atoms with Crippen LogP contribution in [0.15, 0.2) is 77.7 Å². The number of hydrogen-bond donors (Lipinski definition) is 0. The molecule has 1 atom stereocenters. The lowest BCUT2D eigenvalue weighted by Crippen LogP contribution is -2.23. The van der Waals surface area contributed by atoms with E-state index in [0.29, 0.717) is 5.56 Å². The number of rotatable bonds is 7. The van der Waals surface area contributed by atoms with E-state index in [-0.39, 0.29) is 16.6 Å². The van der Waals surface area contributed by atoms with Crippen molar-refractivity contribution in [3.05, 3.63) is 83.9 Å². The first-order chi connectivity index (χ1) is 15.5. The van der Waals surface area contributed by atoms with Crippen LogP contribution in [0.5, 0.6) is 5.75 Å². The fraction of sp³-hybridized carbons (Fsp3) is 0.269. The van der Waals surface area contributed by atoms with Gasteiger partial charge in [0.2, 0.25) is 0 Å². The molecule has 0 radical (unpaired) electrons. The van der Waals surface area contributed by atoms with Crippen LogP contribution in [0, 0.1) is 17.2 Å². The minimum atomic E-state index is -3.41. The first kappa shape index (κ1) is 22.1. The van der Waals surface area contributed by atoms with Crippen molar-refractivity contribution in [3.63, 3.8) is 0 Å². The molecule has 3 aromatic carbocycles. The van der Waals surface area contributed by atoms with Crippen molar-refractivity contribution in [1.82, 2.24) is 4.90 Å². The number of ether oxygens (including phenoxy) is 1. The number of sulfone groups is 1. The SMILES string of the molecule is COc1ccccc1-c1ccc(CN2CC[C@@H](CS(=O)(=O)c3cccc(C#N)c3)C2)cc1. The summed E-state index contributed by atoms with van der Waals surface area (Å²) >= 11 is 0. The highest BCUT2D eigenvalue weighted by Gasteiger charge is 2.28. The van der Waals surface area contributed by atoms with Crippen LogP contribution < -0.4 is 4.74 Å².